The summed E-state index contributed by atoms with van der Waals surface area (Å²) < 4.78 is 0.370. The van der Waals surface area contributed by atoms with E-state index in [-0.39, 0.29) is 29.9 Å². The van der Waals surface area contributed by atoms with Crippen molar-refractivity contribution in [3.63, 3.8) is 0 Å². The molecule has 1 heterocycles. The fraction of sp³-hybridized carbons (Fsp3) is 0.455. The first-order valence-electron chi connectivity index (χ1n) is 5.50. The molecular formula is C11H14BrClN2O3. The van der Waals surface area contributed by atoms with Gasteiger partial charge in [0, 0.05) is 23.7 Å². The Kier molecular flexibility index (Phi) is 5.37. The van der Waals surface area contributed by atoms with Gasteiger partial charge in [0.2, 0.25) is 0 Å². The Morgan fingerprint density at radius 2 is 2.17 bits per heavy atom. The van der Waals surface area contributed by atoms with Crippen molar-refractivity contribution in [2.24, 2.45) is 0 Å². The molecule has 0 unspecified atom stereocenters. The Morgan fingerprint density at radius 3 is 2.72 bits per heavy atom. The Bertz CT molecular complexity index is 450. The lowest BCUT2D eigenvalue weighted by molar-refractivity contribution is -0.385. The third-order valence-corrected chi connectivity index (χ3v) is 3.58. The van der Waals surface area contributed by atoms with Gasteiger partial charge in [-0.05, 0) is 35.3 Å². The summed E-state index contributed by atoms with van der Waals surface area (Å²) in [6.45, 7) is 0.879. The maximum atomic E-state index is 10.8. The monoisotopic (exact) mass is 336 g/mol. The number of benzene rings is 1. The maximum absolute atomic E-state index is 10.8. The first kappa shape index (κ1) is 15.2. The second kappa shape index (κ2) is 6.36. The van der Waals surface area contributed by atoms with Crippen LogP contribution < -0.4 is 5.32 Å². The van der Waals surface area contributed by atoms with Gasteiger partial charge in [-0.25, -0.2) is 0 Å². The molecule has 2 rings (SSSR count). The number of non-ortho nitro benzene ring substituents is 1. The van der Waals surface area contributed by atoms with E-state index in [1.807, 2.05) is 0 Å². The number of halogens is 2. The number of aromatic hydroxyl groups is 1. The zero-order valence-electron chi connectivity index (χ0n) is 9.56. The zero-order valence-corrected chi connectivity index (χ0v) is 12.0. The van der Waals surface area contributed by atoms with Crippen LogP contribution in [-0.4, -0.2) is 16.6 Å². The largest absolute Gasteiger partial charge is 0.506 e. The second-order valence-electron chi connectivity index (χ2n) is 4.13. The lowest BCUT2D eigenvalue weighted by Crippen LogP contribution is -2.26. The Labute approximate surface area is 119 Å². The van der Waals surface area contributed by atoms with Gasteiger partial charge in [-0.15, -0.1) is 12.4 Å². The van der Waals surface area contributed by atoms with Gasteiger partial charge in [-0.2, -0.15) is 0 Å². The lowest BCUT2D eigenvalue weighted by atomic mass is 9.96. The molecule has 0 aromatic heterocycles. The van der Waals surface area contributed by atoms with E-state index in [0.717, 1.165) is 25.8 Å². The summed E-state index contributed by atoms with van der Waals surface area (Å²) in [5.41, 5.74) is 0.600. The molecule has 1 fully saturated rings. The topological polar surface area (TPSA) is 75.4 Å². The first-order valence-corrected chi connectivity index (χ1v) is 6.29. The normalized spacial score (nSPS) is 19.1. The van der Waals surface area contributed by atoms with Crippen LogP contribution in [0.3, 0.4) is 0 Å². The standard InChI is InChI=1S/C11H13BrN2O3.ClH/c12-9-6-7(14(16)17)5-8(11(9)15)10-3-1-2-4-13-10;/h5-6,10,13,15H,1-4H2;1H/t10-;/m1./s1. The van der Waals surface area contributed by atoms with E-state index < -0.39 is 4.92 Å². The average molecular weight is 338 g/mol. The number of phenols is 1. The summed E-state index contributed by atoms with van der Waals surface area (Å²) in [7, 11) is 0. The van der Waals surface area contributed by atoms with E-state index in [1.165, 1.54) is 12.1 Å². The molecule has 7 heteroatoms. The minimum absolute atomic E-state index is 0. The molecule has 2 N–H and O–H groups in total. The van der Waals surface area contributed by atoms with Crippen LogP contribution in [0.4, 0.5) is 5.69 Å². The number of nitro benzene ring substituents is 1. The summed E-state index contributed by atoms with van der Waals surface area (Å²) >= 11 is 3.15. The number of nitrogens with one attached hydrogen (secondary N) is 1. The molecule has 100 valence electrons. The van der Waals surface area contributed by atoms with E-state index in [2.05, 4.69) is 21.2 Å². The van der Waals surface area contributed by atoms with E-state index in [4.69, 9.17) is 0 Å². The third-order valence-electron chi connectivity index (χ3n) is 2.97. The minimum Gasteiger partial charge on any atom is -0.506 e. The van der Waals surface area contributed by atoms with Crippen molar-refractivity contribution >= 4 is 34.0 Å². The van der Waals surface area contributed by atoms with Crippen LogP contribution in [0.25, 0.3) is 0 Å². The van der Waals surface area contributed by atoms with Gasteiger partial charge in [-0.3, -0.25) is 10.1 Å². The van der Waals surface area contributed by atoms with Gasteiger partial charge in [0.15, 0.2) is 0 Å². The van der Waals surface area contributed by atoms with Gasteiger partial charge in [0.1, 0.15) is 5.75 Å². The molecule has 1 aromatic carbocycles. The molecule has 1 atom stereocenters. The highest BCUT2D eigenvalue weighted by Crippen LogP contribution is 2.38. The third kappa shape index (κ3) is 3.13. The van der Waals surface area contributed by atoms with Gasteiger partial charge < -0.3 is 10.4 Å². The molecule has 18 heavy (non-hydrogen) atoms. The molecule has 0 radical (unpaired) electrons. The summed E-state index contributed by atoms with van der Waals surface area (Å²) in [6, 6.07) is 2.77. The lowest BCUT2D eigenvalue weighted by Gasteiger charge is -2.24. The van der Waals surface area contributed by atoms with Crippen molar-refractivity contribution < 1.29 is 10.0 Å². The van der Waals surface area contributed by atoms with Gasteiger partial charge in [0.25, 0.3) is 5.69 Å². The number of piperidine rings is 1. The number of nitrogens with zero attached hydrogens (tertiary/aromatic N) is 1. The van der Waals surface area contributed by atoms with Crippen LogP contribution >= 0.6 is 28.3 Å². The summed E-state index contributed by atoms with van der Waals surface area (Å²) in [5, 5.41) is 24.0. The van der Waals surface area contributed by atoms with E-state index in [0.29, 0.717) is 10.0 Å². The molecule has 1 aliphatic heterocycles. The predicted octanol–water partition coefficient (Wildman–Crippen LogP) is 3.30. The second-order valence-corrected chi connectivity index (χ2v) is 4.98. The SMILES string of the molecule is Cl.O=[N+]([O-])c1cc(Br)c(O)c([C@H]2CCCCN2)c1. The zero-order chi connectivity index (χ0) is 12.4. The van der Waals surface area contributed by atoms with Gasteiger partial charge in [-0.1, -0.05) is 6.42 Å². The highest BCUT2D eigenvalue weighted by molar-refractivity contribution is 9.10. The molecule has 0 aliphatic carbocycles. The van der Waals surface area contributed by atoms with E-state index in [1.54, 1.807) is 0 Å². The highest BCUT2D eigenvalue weighted by atomic mass is 79.9. The fourth-order valence-corrected chi connectivity index (χ4v) is 2.56. The van der Waals surface area contributed by atoms with Crippen molar-refractivity contribution in [3.05, 3.63) is 32.3 Å². The smallest absolute Gasteiger partial charge is 0.271 e. The number of hydrogen-bond donors (Lipinski definition) is 2. The molecule has 1 saturated heterocycles. The van der Waals surface area contributed by atoms with Crippen molar-refractivity contribution in [2.75, 3.05) is 6.54 Å². The number of phenolic OH excluding ortho intramolecular Hbond substituents is 1. The van der Waals surface area contributed by atoms with Crippen molar-refractivity contribution in [3.8, 4) is 5.75 Å². The van der Waals surface area contributed by atoms with Crippen LogP contribution in [0.1, 0.15) is 30.9 Å². The summed E-state index contributed by atoms with van der Waals surface area (Å²) in [5.74, 6) is 0.0926. The number of rotatable bonds is 2. The molecule has 1 aliphatic rings. The van der Waals surface area contributed by atoms with Crippen molar-refractivity contribution in [1.82, 2.24) is 5.32 Å². The molecule has 1 aromatic rings. The van der Waals surface area contributed by atoms with Crippen LogP contribution in [0, 0.1) is 10.1 Å². The molecular weight excluding hydrogens is 323 g/mol. The predicted molar refractivity (Wildman–Crippen MR) is 74.3 cm³/mol. The van der Waals surface area contributed by atoms with Crippen LogP contribution in [0.5, 0.6) is 5.75 Å². The fourth-order valence-electron chi connectivity index (χ4n) is 2.09. The maximum Gasteiger partial charge on any atom is 0.271 e. The molecule has 5 nitrogen and oxygen atoms in total. The molecule has 0 bridgehead atoms. The molecule has 0 saturated carbocycles. The van der Waals surface area contributed by atoms with Crippen molar-refractivity contribution in [2.45, 2.75) is 25.3 Å². The minimum atomic E-state index is -0.448. The summed E-state index contributed by atoms with van der Waals surface area (Å²) in [4.78, 5) is 10.3. The number of hydrogen-bond acceptors (Lipinski definition) is 4. The van der Waals surface area contributed by atoms with Crippen molar-refractivity contribution in [1.29, 1.82) is 0 Å². The van der Waals surface area contributed by atoms with Crippen LogP contribution in [-0.2, 0) is 0 Å². The van der Waals surface area contributed by atoms with E-state index >= 15 is 0 Å². The summed E-state index contributed by atoms with van der Waals surface area (Å²) in [6.07, 6.45) is 3.06. The van der Waals surface area contributed by atoms with E-state index in [9.17, 15) is 15.2 Å². The van der Waals surface area contributed by atoms with Crippen LogP contribution in [0.2, 0.25) is 0 Å². The Balaban J connectivity index is 0.00000162. The molecule has 0 spiro atoms. The Morgan fingerprint density at radius 1 is 1.44 bits per heavy atom. The van der Waals surface area contributed by atoms with Gasteiger partial charge in [0.05, 0.1) is 9.40 Å². The average Bonchev–Trinajstić information content (AvgIpc) is 2.33. The molecule has 0 amide bonds. The quantitative estimate of drug-likeness (QED) is 0.641. The van der Waals surface area contributed by atoms with Crippen LogP contribution in [0.15, 0.2) is 16.6 Å². The number of nitro groups is 1. The van der Waals surface area contributed by atoms with Gasteiger partial charge >= 0.3 is 0 Å². The Hall–Kier alpha value is -0.850. The highest BCUT2D eigenvalue weighted by Gasteiger charge is 2.22. The first-order chi connectivity index (χ1) is 8.09.